The van der Waals surface area contributed by atoms with Crippen LogP contribution in [-0.2, 0) is 22.6 Å². The second-order valence-electron chi connectivity index (χ2n) is 4.30. The molecule has 0 saturated carbocycles. The fourth-order valence-corrected chi connectivity index (χ4v) is 1.34. The van der Waals surface area contributed by atoms with Gasteiger partial charge in [0.25, 0.3) is 0 Å². The molecule has 0 aliphatic rings. The Balaban J connectivity index is 2.17. The third-order valence-corrected chi connectivity index (χ3v) is 2.17. The highest BCUT2D eigenvalue weighted by atomic mass is 16.5. The molecule has 1 rings (SSSR count). The lowest BCUT2D eigenvalue weighted by atomic mass is 10.4. The average Bonchev–Trinajstić information content (AvgIpc) is 2.74. The summed E-state index contributed by atoms with van der Waals surface area (Å²) in [5.41, 5.74) is 0.883. The van der Waals surface area contributed by atoms with Gasteiger partial charge in [0.2, 0.25) is 0 Å². The predicted octanol–water partition coefficient (Wildman–Crippen LogP) is 2.02. The smallest absolute Gasteiger partial charge is 0.108 e. The van der Waals surface area contributed by atoms with Gasteiger partial charge < -0.3 is 9.47 Å². The maximum atomic E-state index is 5.46. The van der Waals surface area contributed by atoms with Gasteiger partial charge >= 0.3 is 0 Å². The molecule has 0 aliphatic heterocycles. The summed E-state index contributed by atoms with van der Waals surface area (Å²) < 4.78 is 12.7. The normalized spacial score (nSPS) is 11.3. The van der Waals surface area contributed by atoms with E-state index in [2.05, 4.69) is 17.2 Å². The SMILES string of the molecule is CCCOCCCn1cc(COC(C)C)nn1. The zero-order valence-corrected chi connectivity index (χ0v) is 11.1. The van der Waals surface area contributed by atoms with Gasteiger partial charge in [-0.05, 0) is 26.7 Å². The maximum absolute atomic E-state index is 5.46. The Morgan fingerprint density at radius 2 is 2.18 bits per heavy atom. The molecule has 0 spiro atoms. The van der Waals surface area contributed by atoms with Crippen LogP contribution < -0.4 is 0 Å². The molecule has 1 aromatic rings. The van der Waals surface area contributed by atoms with Crippen LogP contribution in [0.4, 0.5) is 0 Å². The number of nitrogens with zero attached hydrogens (tertiary/aromatic N) is 3. The Kier molecular flexibility index (Phi) is 6.81. The molecule has 0 atom stereocenters. The molecular weight excluding hydrogens is 218 g/mol. The van der Waals surface area contributed by atoms with Crippen LogP contribution in [0.3, 0.4) is 0 Å². The topological polar surface area (TPSA) is 49.2 Å². The van der Waals surface area contributed by atoms with Crippen molar-refractivity contribution in [2.24, 2.45) is 0 Å². The first-order valence-electron chi connectivity index (χ1n) is 6.30. The summed E-state index contributed by atoms with van der Waals surface area (Å²) in [5.74, 6) is 0. The maximum Gasteiger partial charge on any atom is 0.108 e. The molecule has 0 aliphatic carbocycles. The fraction of sp³-hybridized carbons (Fsp3) is 0.833. The standard InChI is InChI=1S/C12H23N3O2/c1-4-7-16-8-5-6-15-9-12(13-14-15)10-17-11(2)3/h9,11H,4-8,10H2,1-3H3. The van der Waals surface area contributed by atoms with Gasteiger partial charge in [-0.15, -0.1) is 5.10 Å². The summed E-state index contributed by atoms with van der Waals surface area (Å²) in [6.07, 6.45) is 4.19. The van der Waals surface area contributed by atoms with Crippen molar-refractivity contribution in [1.82, 2.24) is 15.0 Å². The molecule has 5 nitrogen and oxygen atoms in total. The zero-order valence-electron chi connectivity index (χ0n) is 11.1. The first-order chi connectivity index (χ1) is 8.22. The van der Waals surface area contributed by atoms with E-state index in [0.29, 0.717) is 6.61 Å². The molecule has 0 unspecified atom stereocenters. The van der Waals surface area contributed by atoms with Gasteiger partial charge in [0.15, 0.2) is 0 Å². The van der Waals surface area contributed by atoms with E-state index < -0.39 is 0 Å². The van der Waals surface area contributed by atoms with Crippen molar-refractivity contribution in [2.45, 2.75) is 52.9 Å². The van der Waals surface area contributed by atoms with E-state index in [0.717, 1.165) is 38.3 Å². The van der Waals surface area contributed by atoms with Crippen molar-refractivity contribution >= 4 is 0 Å². The van der Waals surface area contributed by atoms with Gasteiger partial charge in [0, 0.05) is 19.8 Å². The molecule has 0 aromatic carbocycles. The van der Waals surface area contributed by atoms with Crippen molar-refractivity contribution in [2.75, 3.05) is 13.2 Å². The van der Waals surface area contributed by atoms with Crippen LogP contribution in [0.15, 0.2) is 6.20 Å². The van der Waals surface area contributed by atoms with Crippen LogP contribution in [0, 0.1) is 0 Å². The molecule has 0 fully saturated rings. The number of aromatic nitrogens is 3. The van der Waals surface area contributed by atoms with Gasteiger partial charge in [-0.3, -0.25) is 4.68 Å². The Bertz CT molecular complexity index is 300. The van der Waals surface area contributed by atoms with Crippen LogP contribution in [0.1, 0.15) is 39.3 Å². The van der Waals surface area contributed by atoms with Crippen LogP contribution in [-0.4, -0.2) is 34.3 Å². The van der Waals surface area contributed by atoms with Crippen LogP contribution >= 0.6 is 0 Å². The Morgan fingerprint density at radius 3 is 2.88 bits per heavy atom. The van der Waals surface area contributed by atoms with E-state index in [9.17, 15) is 0 Å². The molecule has 1 aromatic heterocycles. The van der Waals surface area contributed by atoms with Crippen LogP contribution in [0.5, 0.6) is 0 Å². The van der Waals surface area contributed by atoms with E-state index in [-0.39, 0.29) is 6.10 Å². The summed E-state index contributed by atoms with van der Waals surface area (Å²) in [6.45, 7) is 9.13. The quantitative estimate of drug-likeness (QED) is 0.621. The minimum atomic E-state index is 0.225. The summed E-state index contributed by atoms with van der Waals surface area (Å²) >= 11 is 0. The highest BCUT2D eigenvalue weighted by Gasteiger charge is 2.02. The second-order valence-corrected chi connectivity index (χ2v) is 4.30. The summed E-state index contributed by atoms with van der Waals surface area (Å²) in [7, 11) is 0. The summed E-state index contributed by atoms with van der Waals surface area (Å²) in [4.78, 5) is 0. The van der Waals surface area contributed by atoms with Crippen molar-refractivity contribution in [3.05, 3.63) is 11.9 Å². The first kappa shape index (κ1) is 14.1. The largest absolute Gasteiger partial charge is 0.381 e. The molecule has 17 heavy (non-hydrogen) atoms. The molecule has 0 radical (unpaired) electrons. The molecule has 5 heteroatoms. The highest BCUT2D eigenvalue weighted by Crippen LogP contribution is 2.00. The summed E-state index contributed by atoms with van der Waals surface area (Å²) in [6, 6.07) is 0. The third kappa shape index (κ3) is 6.38. The fourth-order valence-electron chi connectivity index (χ4n) is 1.34. The van der Waals surface area contributed by atoms with Crippen LogP contribution in [0.2, 0.25) is 0 Å². The molecule has 0 bridgehead atoms. The van der Waals surface area contributed by atoms with E-state index in [1.54, 1.807) is 0 Å². The molecule has 0 amide bonds. The van der Waals surface area contributed by atoms with E-state index in [1.807, 2.05) is 24.7 Å². The van der Waals surface area contributed by atoms with E-state index in [4.69, 9.17) is 9.47 Å². The van der Waals surface area contributed by atoms with Crippen molar-refractivity contribution < 1.29 is 9.47 Å². The molecule has 0 N–H and O–H groups in total. The predicted molar refractivity (Wildman–Crippen MR) is 65.7 cm³/mol. The van der Waals surface area contributed by atoms with Gasteiger partial charge in [-0.1, -0.05) is 12.1 Å². The Hall–Kier alpha value is -0.940. The van der Waals surface area contributed by atoms with Crippen LogP contribution in [0.25, 0.3) is 0 Å². The number of rotatable bonds is 9. The lowest BCUT2D eigenvalue weighted by molar-refractivity contribution is 0.0635. The lowest BCUT2D eigenvalue weighted by Crippen LogP contribution is -2.04. The van der Waals surface area contributed by atoms with Gasteiger partial charge in [-0.25, -0.2) is 0 Å². The van der Waals surface area contributed by atoms with E-state index >= 15 is 0 Å². The molecule has 1 heterocycles. The van der Waals surface area contributed by atoms with Crippen molar-refractivity contribution in [1.29, 1.82) is 0 Å². The first-order valence-corrected chi connectivity index (χ1v) is 6.30. The minimum Gasteiger partial charge on any atom is -0.381 e. The highest BCUT2D eigenvalue weighted by molar-refractivity contribution is 4.89. The molecule has 98 valence electrons. The number of ether oxygens (including phenoxy) is 2. The Labute approximate surface area is 103 Å². The monoisotopic (exact) mass is 241 g/mol. The second kappa shape index (κ2) is 8.20. The number of hydrogen-bond acceptors (Lipinski definition) is 4. The molecular formula is C12H23N3O2. The number of aryl methyl sites for hydroxylation is 1. The van der Waals surface area contributed by atoms with Gasteiger partial charge in [0.1, 0.15) is 5.69 Å². The Morgan fingerprint density at radius 1 is 1.35 bits per heavy atom. The third-order valence-electron chi connectivity index (χ3n) is 2.17. The van der Waals surface area contributed by atoms with E-state index in [1.165, 1.54) is 0 Å². The van der Waals surface area contributed by atoms with Crippen molar-refractivity contribution in [3.8, 4) is 0 Å². The zero-order chi connectivity index (χ0) is 12.5. The van der Waals surface area contributed by atoms with Gasteiger partial charge in [0.05, 0.1) is 18.9 Å². The molecule has 0 saturated heterocycles. The average molecular weight is 241 g/mol. The van der Waals surface area contributed by atoms with Gasteiger partial charge in [-0.2, -0.15) is 0 Å². The lowest BCUT2D eigenvalue weighted by Gasteiger charge is -2.03. The van der Waals surface area contributed by atoms with Crippen molar-refractivity contribution in [3.63, 3.8) is 0 Å². The summed E-state index contributed by atoms with van der Waals surface area (Å²) in [5, 5.41) is 8.09. The minimum absolute atomic E-state index is 0.225. The number of hydrogen-bond donors (Lipinski definition) is 0.